The van der Waals surface area contributed by atoms with Crippen LogP contribution in [-0.4, -0.2) is 46.9 Å². The minimum absolute atomic E-state index is 0.0430. The molecule has 0 spiro atoms. The van der Waals surface area contributed by atoms with Gasteiger partial charge in [0, 0.05) is 6.42 Å². The molecule has 0 rings (SSSR count). The number of hydrogen-bond donors (Lipinski definition) is 3. The fraction of sp³-hybridized carbons (Fsp3) is 0.759. The third-order valence-electron chi connectivity index (χ3n) is 12.1. The van der Waals surface area contributed by atoms with E-state index >= 15 is 0 Å². The number of amides is 1. The molecule has 6 heteroatoms. The average Bonchev–Trinajstić information content (AvgIpc) is 3.29. The van der Waals surface area contributed by atoms with Gasteiger partial charge >= 0.3 is 5.97 Å². The number of rotatable bonds is 48. The van der Waals surface area contributed by atoms with Crippen molar-refractivity contribution in [2.75, 3.05) is 6.61 Å². The molecule has 0 saturated heterocycles. The van der Waals surface area contributed by atoms with Gasteiger partial charge in [-0.2, -0.15) is 0 Å². The zero-order valence-corrected chi connectivity index (χ0v) is 42.1. The van der Waals surface area contributed by atoms with Crippen LogP contribution in [0, 0.1) is 0 Å². The number of nitrogens with one attached hydrogen (secondary N) is 1. The van der Waals surface area contributed by atoms with Crippen LogP contribution in [0.1, 0.15) is 258 Å². The highest BCUT2D eigenvalue weighted by atomic mass is 16.5. The van der Waals surface area contributed by atoms with E-state index in [0.29, 0.717) is 19.3 Å². The Balaban J connectivity index is 4.69. The van der Waals surface area contributed by atoms with Gasteiger partial charge in [-0.3, -0.25) is 9.59 Å². The maximum Gasteiger partial charge on any atom is 0.306 e. The summed E-state index contributed by atoms with van der Waals surface area (Å²) >= 11 is 0. The van der Waals surface area contributed by atoms with Crippen LogP contribution in [0.15, 0.2) is 72.9 Å². The number of aliphatic hydroxyl groups excluding tert-OH is 2. The molecule has 0 bridgehead atoms. The SMILES string of the molecule is CCCCC/C=C/C=C/C=C/C=C/CCCCCC(CC(=O)NC(CO)C(O)CCCCCCCCCCCCC)OC(=O)CCCCCCC/C=C/C=C/CCCCCCCCC. The van der Waals surface area contributed by atoms with E-state index in [1.807, 2.05) is 6.08 Å². The van der Waals surface area contributed by atoms with Gasteiger partial charge in [0.05, 0.1) is 25.2 Å². The summed E-state index contributed by atoms with van der Waals surface area (Å²) in [6.45, 7) is 6.42. The highest BCUT2D eigenvalue weighted by Gasteiger charge is 2.24. The predicted molar refractivity (Wildman–Crippen MR) is 278 cm³/mol. The first-order valence-corrected chi connectivity index (χ1v) is 27.2. The average molecular weight is 894 g/mol. The summed E-state index contributed by atoms with van der Waals surface area (Å²) in [5.41, 5.74) is 0. The first kappa shape index (κ1) is 61.3. The summed E-state index contributed by atoms with van der Waals surface area (Å²) in [5, 5.41) is 23.8. The van der Waals surface area contributed by atoms with E-state index in [1.54, 1.807) is 0 Å². The number of carbonyl (C=O) groups is 2. The highest BCUT2D eigenvalue weighted by Crippen LogP contribution is 2.17. The molecule has 0 saturated carbocycles. The van der Waals surface area contributed by atoms with Gasteiger partial charge < -0.3 is 20.3 Å². The smallest absolute Gasteiger partial charge is 0.306 e. The van der Waals surface area contributed by atoms with Crippen molar-refractivity contribution in [3.05, 3.63) is 72.9 Å². The molecule has 0 aromatic heterocycles. The molecule has 0 aliphatic carbocycles. The second-order valence-electron chi connectivity index (χ2n) is 18.4. The zero-order valence-electron chi connectivity index (χ0n) is 42.1. The Bertz CT molecular complexity index is 1190. The first-order chi connectivity index (χ1) is 31.5. The summed E-state index contributed by atoms with van der Waals surface area (Å²) in [7, 11) is 0. The molecular formula is C58H103NO5. The van der Waals surface area contributed by atoms with Crippen LogP contribution >= 0.6 is 0 Å². The van der Waals surface area contributed by atoms with E-state index in [2.05, 4.69) is 92.9 Å². The Kier molecular flexibility index (Phi) is 49.1. The molecule has 3 unspecified atom stereocenters. The normalized spacial score (nSPS) is 13.8. The second kappa shape index (κ2) is 51.3. The van der Waals surface area contributed by atoms with Crippen molar-refractivity contribution in [1.29, 1.82) is 0 Å². The lowest BCUT2D eigenvalue weighted by molar-refractivity contribution is -0.151. The molecule has 6 nitrogen and oxygen atoms in total. The Labute approximate surface area is 396 Å². The van der Waals surface area contributed by atoms with Crippen LogP contribution in [-0.2, 0) is 14.3 Å². The summed E-state index contributed by atoms with van der Waals surface area (Å²) < 4.78 is 5.92. The standard InChI is InChI=1S/C58H103NO5/c1-4-7-10-13-16-19-22-24-26-28-29-31-33-36-39-42-45-48-51-58(63)64-54(49-46-43-40-37-35-32-30-27-25-23-20-17-14-11-8-5-2)52-57(62)59-55(53-60)56(61)50-47-44-41-38-34-21-18-15-12-9-6-3/h17,20,23,25-32,35,54-56,60-61H,4-16,18-19,21-22,24,33-34,36-53H2,1-3H3,(H,59,62)/b20-17+,25-23+,28-26+,30-27+,31-29+,35-32+. The van der Waals surface area contributed by atoms with Gasteiger partial charge in [-0.15, -0.1) is 0 Å². The highest BCUT2D eigenvalue weighted by molar-refractivity contribution is 5.77. The van der Waals surface area contributed by atoms with Crippen molar-refractivity contribution in [2.24, 2.45) is 0 Å². The molecule has 0 aliphatic heterocycles. The molecule has 3 N–H and O–H groups in total. The summed E-state index contributed by atoms with van der Waals surface area (Å²) in [4.78, 5) is 26.2. The minimum atomic E-state index is -0.804. The van der Waals surface area contributed by atoms with Crippen molar-refractivity contribution in [3.63, 3.8) is 0 Å². The fourth-order valence-electron chi connectivity index (χ4n) is 7.96. The van der Waals surface area contributed by atoms with Gasteiger partial charge in [-0.1, -0.05) is 241 Å². The van der Waals surface area contributed by atoms with Gasteiger partial charge in [-0.05, 0) is 77.0 Å². The molecule has 370 valence electrons. The van der Waals surface area contributed by atoms with Crippen molar-refractivity contribution < 1.29 is 24.5 Å². The monoisotopic (exact) mass is 894 g/mol. The van der Waals surface area contributed by atoms with Crippen LogP contribution < -0.4 is 5.32 Å². The van der Waals surface area contributed by atoms with Crippen molar-refractivity contribution in [3.8, 4) is 0 Å². The van der Waals surface area contributed by atoms with Gasteiger partial charge in [0.1, 0.15) is 6.10 Å². The Morgan fingerprint density at radius 3 is 1.27 bits per heavy atom. The van der Waals surface area contributed by atoms with Crippen LogP contribution in [0.5, 0.6) is 0 Å². The number of carbonyl (C=O) groups excluding carboxylic acids is 2. The van der Waals surface area contributed by atoms with Gasteiger partial charge in [0.2, 0.25) is 5.91 Å². The first-order valence-electron chi connectivity index (χ1n) is 27.2. The molecule has 0 heterocycles. The lowest BCUT2D eigenvalue weighted by Gasteiger charge is -2.24. The number of allylic oxidation sites excluding steroid dienone is 12. The maximum absolute atomic E-state index is 13.2. The molecule has 0 fully saturated rings. The maximum atomic E-state index is 13.2. The van der Waals surface area contributed by atoms with E-state index < -0.39 is 18.2 Å². The second-order valence-corrected chi connectivity index (χ2v) is 18.4. The molecule has 3 atom stereocenters. The van der Waals surface area contributed by atoms with Crippen molar-refractivity contribution >= 4 is 11.9 Å². The third-order valence-corrected chi connectivity index (χ3v) is 12.1. The van der Waals surface area contributed by atoms with Gasteiger partial charge in [0.25, 0.3) is 0 Å². The van der Waals surface area contributed by atoms with E-state index in [4.69, 9.17) is 4.74 Å². The largest absolute Gasteiger partial charge is 0.462 e. The number of hydrogen-bond acceptors (Lipinski definition) is 5. The molecule has 0 radical (unpaired) electrons. The molecular weight excluding hydrogens is 791 g/mol. The Morgan fingerprint density at radius 1 is 0.453 bits per heavy atom. The minimum Gasteiger partial charge on any atom is -0.462 e. The molecule has 0 aliphatic rings. The van der Waals surface area contributed by atoms with E-state index in [-0.39, 0.29) is 24.9 Å². The van der Waals surface area contributed by atoms with Crippen LogP contribution in [0.25, 0.3) is 0 Å². The predicted octanol–water partition coefficient (Wildman–Crippen LogP) is 16.6. The molecule has 64 heavy (non-hydrogen) atoms. The number of aliphatic hydroxyl groups is 2. The van der Waals surface area contributed by atoms with Crippen molar-refractivity contribution in [1.82, 2.24) is 5.32 Å². The van der Waals surface area contributed by atoms with E-state index in [9.17, 15) is 19.8 Å². The topological polar surface area (TPSA) is 95.9 Å². The lowest BCUT2D eigenvalue weighted by Crippen LogP contribution is -2.46. The fourth-order valence-corrected chi connectivity index (χ4v) is 7.96. The van der Waals surface area contributed by atoms with Gasteiger partial charge in [0.15, 0.2) is 0 Å². The Hall–Kier alpha value is -2.70. The number of esters is 1. The molecule has 1 amide bonds. The van der Waals surface area contributed by atoms with Gasteiger partial charge in [-0.25, -0.2) is 0 Å². The van der Waals surface area contributed by atoms with E-state index in [0.717, 1.165) is 89.9 Å². The van der Waals surface area contributed by atoms with Crippen LogP contribution in [0.2, 0.25) is 0 Å². The Morgan fingerprint density at radius 2 is 0.797 bits per heavy atom. The third kappa shape index (κ3) is 45.9. The van der Waals surface area contributed by atoms with E-state index in [1.165, 1.54) is 122 Å². The lowest BCUT2D eigenvalue weighted by atomic mass is 10.0. The van der Waals surface area contributed by atoms with Crippen LogP contribution in [0.3, 0.4) is 0 Å². The van der Waals surface area contributed by atoms with Crippen molar-refractivity contribution in [2.45, 2.75) is 277 Å². The number of unbranched alkanes of at least 4 members (excludes halogenated alkanes) is 28. The van der Waals surface area contributed by atoms with Crippen LogP contribution in [0.4, 0.5) is 0 Å². The zero-order chi connectivity index (χ0) is 46.7. The summed E-state index contributed by atoms with van der Waals surface area (Å²) in [6.07, 6.45) is 65.3. The molecule has 0 aromatic rings. The summed E-state index contributed by atoms with van der Waals surface area (Å²) in [5.74, 6) is -0.529. The summed E-state index contributed by atoms with van der Waals surface area (Å²) in [6, 6.07) is -0.720. The molecule has 0 aromatic carbocycles. The quantitative estimate of drug-likeness (QED) is 0.0321. The number of ether oxygens (including phenoxy) is 1.